The predicted octanol–water partition coefficient (Wildman–Crippen LogP) is 4.41. The fourth-order valence-electron chi connectivity index (χ4n) is 4.63. The standard InChI is InChI=1S/C28H42N4O5/c1-6-9-10-23(8-3)27(34)31-18-17-30(19-21(31)5)28(35)26(20(4)7-2)29-25(33)16-13-22-11-14-24(15-12-22)32(36)37/h11-16,20-21,23,26H,6-10,17-19H2,1-5H3,(H,29,33)/b16-13+. The quantitative estimate of drug-likeness (QED) is 0.252. The van der Waals surface area contributed by atoms with Gasteiger partial charge in [-0.25, -0.2) is 0 Å². The molecule has 4 unspecified atom stereocenters. The normalized spacial score (nSPS) is 18.4. The molecule has 1 fully saturated rings. The summed E-state index contributed by atoms with van der Waals surface area (Å²) in [7, 11) is 0. The fourth-order valence-corrected chi connectivity index (χ4v) is 4.63. The summed E-state index contributed by atoms with van der Waals surface area (Å²) in [4.78, 5) is 53.3. The topological polar surface area (TPSA) is 113 Å². The minimum absolute atomic E-state index is 0.0220. The number of carbonyl (C=O) groups excluding carboxylic acids is 3. The molecule has 0 saturated carbocycles. The summed E-state index contributed by atoms with van der Waals surface area (Å²) in [6.07, 6.45) is 7.43. The SMILES string of the molecule is CCCCC(CC)C(=O)N1CCN(C(=O)C(NC(=O)/C=C/c2ccc([N+](=O)[O-])cc2)C(C)CC)CC1C. The molecule has 9 nitrogen and oxygen atoms in total. The van der Waals surface area contributed by atoms with Crippen LogP contribution in [0, 0.1) is 22.0 Å². The third-order valence-corrected chi connectivity index (χ3v) is 7.28. The summed E-state index contributed by atoms with van der Waals surface area (Å²) in [5.74, 6) is -0.403. The van der Waals surface area contributed by atoms with Gasteiger partial charge in [-0.2, -0.15) is 0 Å². The summed E-state index contributed by atoms with van der Waals surface area (Å²) in [5, 5.41) is 13.7. The van der Waals surface area contributed by atoms with Crippen LogP contribution in [-0.4, -0.2) is 64.2 Å². The number of carbonyl (C=O) groups is 3. The van der Waals surface area contributed by atoms with Crippen molar-refractivity contribution in [3.8, 4) is 0 Å². The first kappa shape index (κ1) is 30.0. The van der Waals surface area contributed by atoms with E-state index >= 15 is 0 Å². The number of hydrogen-bond donors (Lipinski definition) is 1. The van der Waals surface area contributed by atoms with Gasteiger partial charge < -0.3 is 15.1 Å². The van der Waals surface area contributed by atoms with Crippen molar-refractivity contribution in [2.75, 3.05) is 19.6 Å². The highest BCUT2D eigenvalue weighted by atomic mass is 16.6. The molecule has 37 heavy (non-hydrogen) atoms. The number of nitro benzene ring substituents is 1. The molecule has 204 valence electrons. The molecule has 2 rings (SSSR count). The van der Waals surface area contributed by atoms with Crippen LogP contribution in [0.5, 0.6) is 0 Å². The van der Waals surface area contributed by atoms with Crippen LogP contribution in [0.2, 0.25) is 0 Å². The highest BCUT2D eigenvalue weighted by molar-refractivity contribution is 5.95. The molecule has 0 aromatic heterocycles. The van der Waals surface area contributed by atoms with Gasteiger partial charge in [-0.3, -0.25) is 24.5 Å². The molecule has 1 saturated heterocycles. The van der Waals surface area contributed by atoms with E-state index in [0.717, 1.165) is 25.7 Å². The number of piperazine rings is 1. The van der Waals surface area contributed by atoms with Gasteiger partial charge in [0.1, 0.15) is 6.04 Å². The Morgan fingerprint density at radius 2 is 1.78 bits per heavy atom. The van der Waals surface area contributed by atoms with Crippen molar-refractivity contribution in [3.63, 3.8) is 0 Å². The fraction of sp³-hybridized carbons (Fsp3) is 0.607. The molecule has 3 amide bonds. The molecule has 1 aromatic carbocycles. The molecule has 1 N–H and O–H groups in total. The first-order valence-corrected chi connectivity index (χ1v) is 13.4. The molecule has 0 spiro atoms. The molecule has 9 heteroatoms. The van der Waals surface area contributed by atoms with Gasteiger partial charge in [-0.05, 0) is 49.5 Å². The van der Waals surface area contributed by atoms with E-state index in [1.165, 1.54) is 18.2 Å². The zero-order valence-corrected chi connectivity index (χ0v) is 22.8. The maximum Gasteiger partial charge on any atom is 0.269 e. The lowest BCUT2D eigenvalue weighted by Gasteiger charge is -2.42. The second-order valence-corrected chi connectivity index (χ2v) is 9.97. The summed E-state index contributed by atoms with van der Waals surface area (Å²) in [6.45, 7) is 11.5. The van der Waals surface area contributed by atoms with Crippen LogP contribution in [0.15, 0.2) is 30.3 Å². The third-order valence-electron chi connectivity index (χ3n) is 7.28. The number of nitrogens with one attached hydrogen (secondary N) is 1. The number of unbranched alkanes of at least 4 members (excludes halogenated alkanes) is 1. The van der Waals surface area contributed by atoms with E-state index in [0.29, 0.717) is 31.6 Å². The molecule has 0 bridgehead atoms. The number of rotatable bonds is 12. The molecule has 0 aliphatic carbocycles. The summed E-state index contributed by atoms with van der Waals surface area (Å²) in [6, 6.07) is 5.11. The van der Waals surface area contributed by atoms with Gasteiger partial charge in [0.15, 0.2) is 0 Å². The van der Waals surface area contributed by atoms with Gasteiger partial charge >= 0.3 is 0 Å². The van der Waals surface area contributed by atoms with Gasteiger partial charge in [0, 0.05) is 49.8 Å². The van der Waals surface area contributed by atoms with Crippen molar-refractivity contribution in [1.29, 1.82) is 0 Å². The number of hydrogen-bond acceptors (Lipinski definition) is 5. The zero-order chi connectivity index (χ0) is 27.5. The molecular formula is C28H42N4O5. The number of benzene rings is 1. The zero-order valence-electron chi connectivity index (χ0n) is 22.8. The Bertz CT molecular complexity index is 962. The van der Waals surface area contributed by atoms with Crippen LogP contribution in [0.3, 0.4) is 0 Å². The van der Waals surface area contributed by atoms with Gasteiger partial charge in [0.2, 0.25) is 17.7 Å². The van der Waals surface area contributed by atoms with Gasteiger partial charge in [-0.15, -0.1) is 0 Å². The monoisotopic (exact) mass is 514 g/mol. The maximum absolute atomic E-state index is 13.5. The van der Waals surface area contributed by atoms with E-state index in [9.17, 15) is 24.5 Å². The Hall–Kier alpha value is -3.23. The van der Waals surface area contributed by atoms with E-state index in [1.54, 1.807) is 23.1 Å². The highest BCUT2D eigenvalue weighted by Crippen LogP contribution is 2.21. The van der Waals surface area contributed by atoms with E-state index in [1.807, 2.05) is 25.7 Å². The van der Waals surface area contributed by atoms with Crippen LogP contribution >= 0.6 is 0 Å². The summed E-state index contributed by atoms with van der Waals surface area (Å²) < 4.78 is 0. The van der Waals surface area contributed by atoms with E-state index < -0.39 is 16.9 Å². The van der Waals surface area contributed by atoms with Crippen molar-refractivity contribution in [2.45, 2.75) is 78.8 Å². The largest absolute Gasteiger partial charge is 0.340 e. The second-order valence-electron chi connectivity index (χ2n) is 9.97. The highest BCUT2D eigenvalue weighted by Gasteiger charge is 2.36. The lowest BCUT2D eigenvalue weighted by Crippen LogP contribution is -2.60. The maximum atomic E-state index is 13.5. The number of non-ortho nitro benzene ring substituents is 1. The Kier molecular flexibility index (Phi) is 11.8. The molecular weight excluding hydrogens is 472 g/mol. The van der Waals surface area contributed by atoms with E-state index in [4.69, 9.17) is 0 Å². The van der Waals surface area contributed by atoms with E-state index in [2.05, 4.69) is 19.2 Å². The lowest BCUT2D eigenvalue weighted by molar-refractivity contribution is -0.384. The van der Waals surface area contributed by atoms with Crippen LogP contribution in [0.25, 0.3) is 6.08 Å². The number of amides is 3. The first-order valence-electron chi connectivity index (χ1n) is 13.4. The van der Waals surface area contributed by atoms with Crippen LogP contribution < -0.4 is 5.32 Å². The van der Waals surface area contributed by atoms with Gasteiger partial charge in [0.25, 0.3) is 5.69 Å². The lowest BCUT2D eigenvalue weighted by atomic mass is 9.95. The van der Waals surface area contributed by atoms with Crippen molar-refractivity contribution < 1.29 is 19.3 Å². The van der Waals surface area contributed by atoms with Crippen molar-refractivity contribution >= 4 is 29.5 Å². The Morgan fingerprint density at radius 1 is 1.11 bits per heavy atom. The van der Waals surface area contributed by atoms with Crippen molar-refractivity contribution in [2.24, 2.45) is 11.8 Å². The molecule has 1 aliphatic heterocycles. The van der Waals surface area contributed by atoms with E-state index in [-0.39, 0.29) is 35.4 Å². The molecule has 1 aromatic rings. The van der Waals surface area contributed by atoms with Crippen molar-refractivity contribution in [1.82, 2.24) is 15.1 Å². The average Bonchev–Trinajstić information content (AvgIpc) is 2.90. The van der Waals surface area contributed by atoms with Gasteiger partial charge in [-0.1, -0.05) is 47.0 Å². The number of nitrogens with zero attached hydrogens (tertiary/aromatic N) is 3. The molecule has 1 aliphatic rings. The summed E-state index contributed by atoms with van der Waals surface area (Å²) in [5.41, 5.74) is 0.623. The van der Waals surface area contributed by atoms with Gasteiger partial charge in [0.05, 0.1) is 4.92 Å². The third kappa shape index (κ3) is 8.40. The molecule has 0 radical (unpaired) electrons. The first-order chi connectivity index (χ1) is 17.6. The Morgan fingerprint density at radius 3 is 2.32 bits per heavy atom. The summed E-state index contributed by atoms with van der Waals surface area (Å²) >= 11 is 0. The van der Waals surface area contributed by atoms with Crippen LogP contribution in [-0.2, 0) is 14.4 Å². The minimum Gasteiger partial charge on any atom is -0.340 e. The molecule has 1 heterocycles. The van der Waals surface area contributed by atoms with Crippen LogP contribution in [0.1, 0.15) is 72.3 Å². The number of nitro groups is 1. The predicted molar refractivity (Wildman–Crippen MR) is 145 cm³/mol. The Labute approximate surface area is 220 Å². The molecule has 4 atom stereocenters. The van der Waals surface area contributed by atoms with Crippen LogP contribution in [0.4, 0.5) is 5.69 Å². The Balaban J connectivity index is 2.03. The minimum atomic E-state index is -0.679. The smallest absolute Gasteiger partial charge is 0.269 e. The average molecular weight is 515 g/mol. The second kappa shape index (κ2) is 14.5. The van der Waals surface area contributed by atoms with Crippen molar-refractivity contribution in [3.05, 3.63) is 46.0 Å².